The number of hydrogen-bond acceptors (Lipinski definition) is 6. The quantitative estimate of drug-likeness (QED) is 0.314. The maximum Gasteiger partial charge on any atom is 0.273 e. The van der Waals surface area contributed by atoms with Crippen molar-refractivity contribution in [2.75, 3.05) is 20.3 Å². The predicted molar refractivity (Wildman–Crippen MR) is 161 cm³/mol. The molecule has 224 valence electrons. The summed E-state index contributed by atoms with van der Waals surface area (Å²) in [7, 11) is 1.53. The second-order valence-corrected chi connectivity index (χ2v) is 12.6. The highest BCUT2D eigenvalue weighted by molar-refractivity contribution is 6.01. The summed E-state index contributed by atoms with van der Waals surface area (Å²) < 4.78 is 17.1. The molecule has 1 atom stereocenters. The molecule has 0 bridgehead atoms. The molecule has 2 N–H and O–H groups in total. The number of carbonyl (C=O) groups is 2. The van der Waals surface area contributed by atoms with E-state index >= 15 is 0 Å². The summed E-state index contributed by atoms with van der Waals surface area (Å²) in [4.78, 5) is 28.3. The molecule has 2 aromatic rings. The number of amides is 2. The van der Waals surface area contributed by atoms with Gasteiger partial charge in [-0.3, -0.25) is 15.0 Å². The number of aliphatic hydroxyl groups excluding tert-OH is 1. The molecule has 8 heteroatoms. The van der Waals surface area contributed by atoms with Crippen LogP contribution in [0.2, 0.25) is 0 Å². The second-order valence-electron chi connectivity index (χ2n) is 12.6. The minimum absolute atomic E-state index is 0.148. The van der Waals surface area contributed by atoms with Gasteiger partial charge >= 0.3 is 0 Å². The van der Waals surface area contributed by atoms with E-state index in [2.05, 4.69) is 32.3 Å². The number of ether oxygens (including phenoxy) is 3. The minimum Gasteiger partial charge on any atom is -0.496 e. The number of carbonyl (C=O) groups excluding carboxylic acids is 2. The third-order valence-corrected chi connectivity index (χ3v) is 7.71. The van der Waals surface area contributed by atoms with Crippen molar-refractivity contribution in [1.82, 2.24) is 10.4 Å². The molecular formula is C33H46N2O6. The lowest BCUT2D eigenvalue weighted by molar-refractivity contribution is 0.0389. The Bertz CT molecular complexity index is 1290. The first-order valence-electron chi connectivity index (χ1n) is 14.2. The molecular weight excluding hydrogens is 520 g/mol. The van der Waals surface area contributed by atoms with E-state index in [0.29, 0.717) is 53.6 Å². The van der Waals surface area contributed by atoms with Crippen LogP contribution in [-0.2, 0) is 13.0 Å². The number of hydrogen-bond donors (Lipinski definition) is 2. The number of fused-ring (bicyclic) bond motifs is 1. The SMILES string of the molecule is CCc1c(C(=O)NN(C(=O)c2cc(CO)c(C)c(OC)c2)C(C=C(C)C(C)(C)C)C(C)(C)C)ccc2c1OCCO2. The Morgan fingerprint density at radius 2 is 1.78 bits per heavy atom. The maximum atomic E-state index is 14.4. The van der Waals surface area contributed by atoms with E-state index in [-0.39, 0.29) is 12.0 Å². The third kappa shape index (κ3) is 7.04. The molecule has 1 heterocycles. The average Bonchev–Trinajstić information content (AvgIpc) is 2.92. The van der Waals surface area contributed by atoms with Crippen LogP contribution in [0.5, 0.6) is 17.2 Å². The zero-order chi connectivity index (χ0) is 30.7. The Hall–Kier alpha value is -3.52. The number of rotatable bonds is 7. The first-order valence-corrected chi connectivity index (χ1v) is 14.2. The number of hydrazine groups is 1. The molecule has 0 fully saturated rings. The molecule has 3 rings (SSSR count). The van der Waals surface area contributed by atoms with E-state index in [1.807, 2.05) is 41.5 Å². The summed E-state index contributed by atoms with van der Waals surface area (Å²) in [5.41, 5.74) is 6.20. The molecule has 0 saturated carbocycles. The Kier molecular flexibility index (Phi) is 9.80. The summed E-state index contributed by atoms with van der Waals surface area (Å²) in [6.07, 6.45) is 2.60. The van der Waals surface area contributed by atoms with Gasteiger partial charge in [0, 0.05) is 16.7 Å². The van der Waals surface area contributed by atoms with Crippen molar-refractivity contribution in [3.05, 3.63) is 63.7 Å². The number of methoxy groups -OCH3 is 1. The van der Waals surface area contributed by atoms with Crippen molar-refractivity contribution in [2.24, 2.45) is 10.8 Å². The second kappa shape index (κ2) is 12.6. The zero-order valence-corrected chi connectivity index (χ0v) is 26.2. The molecule has 1 unspecified atom stereocenters. The van der Waals surface area contributed by atoms with Crippen molar-refractivity contribution >= 4 is 11.8 Å². The Labute approximate surface area is 244 Å². The molecule has 2 amide bonds. The molecule has 1 aliphatic heterocycles. The Morgan fingerprint density at radius 3 is 2.34 bits per heavy atom. The summed E-state index contributed by atoms with van der Waals surface area (Å²) in [6, 6.07) is 6.24. The van der Waals surface area contributed by atoms with Gasteiger partial charge in [0.15, 0.2) is 11.5 Å². The van der Waals surface area contributed by atoms with Crippen LogP contribution in [0.4, 0.5) is 0 Å². The van der Waals surface area contributed by atoms with Crippen LogP contribution < -0.4 is 19.6 Å². The number of aliphatic hydroxyl groups is 1. The zero-order valence-electron chi connectivity index (χ0n) is 26.2. The fourth-order valence-electron chi connectivity index (χ4n) is 4.74. The molecule has 1 aliphatic rings. The molecule has 41 heavy (non-hydrogen) atoms. The lowest BCUT2D eigenvalue weighted by atomic mass is 9.80. The normalized spacial score (nSPS) is 14.4. The fraction of sp³-hybridized carbons (Fsp3) is 0.515. The van der Waals surface area contributed by atoms with E-state index in [9.17, 15) is 14.7 Å². The summed E-state index contributed by atoms with van der Waals surface area (Å²) in [5.74, 6) is 0.817. The maximum absolute atomic E-state index is 14.4. The van der Waals surface area contributed by atoms with Crippen LogP contribution in [0.25, 0.3) is 0 Å². The van der Waals surface area contributed by atoms with Crippen molar-refractivity contribution in [1.29, 1.82) is 0 Å². The number of nitrogens with one attached hydrogen (secondary N) is 1. The molecule has 0 saturated heterocycles. The minimum atomic E-state index is -0.509. The van der Waals surface area contributed by atoms with Crippen molar-refractivity contribution in [3.8, 4) is 17.2 Å². The van der Waals surface area contributed by atoms with Crippen LogP contribution in [0, 0.1) is 17.8 Å². The van der Waals surface area contributed by atoms with Gasteiger partial charge in [-0.05, 0) is 66.5 Å². The van der Waals surface area contributed by atoms with Crippen LogP contribution in [0.15, 0.2) is 35.9 Å². The van der Waals surface area contributed by atoms with Gasteiger partial charge in [-0.2, -0.15) is 0 Å². The van der Waals surface area contributed by atoms with E-state index in [4.69, 9.17) is 14.2 Å². The number of benzene rings is 2. The highest BCUT2D eigenvalue weighted by Gasteiger charge is 2.36. The fourth-order valence-corrected chi connectivity index (χ4v) is 4.74. The van der Waals surface area contributed by atoms with Gasteiger partial charge in [0.05, 0.1) is 19.8 Å². The van der Waals surface area contributed by atoms with Gasteiger partial charge in [-0.15, -0.1) is 0 Å². The lowest BCUT2D eigenvalue weighted by Gasteiger charge is -2.40. The summed E-state index contributed by atoms with van der Waals surface area (Å²) in [5, 5.41) is 11.4. The van der Waals surface area contributed by atoms with Crippen molar-refractivity contribution < 1.29 is 28.9 Å². The number of allylic oxidation sites excluding steroid dienone is 1. The van der Waals surface area contributed by atoms with E-state index in [1.54, 1.807) is 24.3 Å². The summed E-state index contributed by atoms with van der Waals surface area (Å²) >= 11 is 0. The lowest BCUT2D eigenvalue weighted by Crippen LogP contribution is -2.56. The topological polar surface area (TPSA) is 97.3 Å². The molecule has 0 radical (unpaired) electrons. The van der Waals surface area contributed by atoms with E-state index in [1.165, 1.54) is 12.1 Å². The van der Waals surface area contributed by atoms with Gasteiger partial charge in [0.25, 0.3) is 11.8 Å². The smallest absolute Gasteiger partial charge is 0.273 e. The molecule has 0 aliphatic carbocycles. The van der Waals surface area contributed by atoms with Crippen LogP contribution in [0.1, 0.15) is 92.8 Å². The molecule has 8 nitrogen and oxygen atoms in total. The van der Waals surface area contributed by atoms with Crippen LogP contribution >= 0.6 is 0 Å². The van der Waals surface area contributed by atoms with Crippen LogP contribution in [0.3, 0.4) is 0 Å². The van der Waals surface area contributed by atoms with Gasteiger partial charge in [0.2, 0.25) is 0 Å². The average molecular weight is 567 g/mol. The highest BCUT2D eigenvalue weighted by atomic mass is 16.6. The Morgan fingerprint density at radius 1 is 1.12 bits per heavy atom. The van der Waals surface area contributed by atoms with Crippen molar-refractivity contribution in [2.45, 2.75) is 81.4 Å². The predicted octanol–water partition coefficient (Wildman–Crippen LogP) is 6.02. The molecule has 0 spiro atoms. The third-order valence-electron chi connectivity index (χ3n) is 7.71. The largest absolute Gasteiger partial charge is 0.496 e. The van der Waals surface area contributed by atoms with E-state index in [0.717, 1.165) is 16.7 Å². The highest BCUT2D eigenvalue weighted by Crippen LogP contribution is 2.37. The molecule has 2 aromatic carbocycles. The first kappa shape index (κ1) is 32.0. The van der Waals surface area contributed by atoms with Crippen LogP contribution in [-0.4, -0.2) is 48.3 Å². The van der Waals surface area contributed by atoms with Gasteiger partial charge < -0.3 is 19.3 Å². The van der Waals surface area contributed by atoms with Crippen molar-refractivity contribution in [3.63, 3.8) is 0 Å². The van der Waals surface area contributed by atoms with E-state index < -0.39 is 23.3 Å². The van der Waals surface area contributed by atoms with Gasteiger partial charge in [0.1, 0.15) is 19.0 Å². The standard InChI is InChI=1S/C33H46N2O6/c1-11-24-25(12-13-26-29(24)41-15-14-40-26)30(37)34-35(28(33(7,8)9)16-20(2)32(4,5)6)31(38)22-17-23(19-36)21(3)27(18-22)39-10/h12-13,16-18,28,36H,11,14-15,19H2,1-10H3,(H,34,37). The van der Waals surface area contributed by atoms with Gasteiger partial charge in [-0.1, -0.05) is 60.1 Å². The molecule has 0 aromatic heterocycles. The Balaban J connectivity index is 2.19. The number of nitrogens with zero attached hydrogens (tertiary/aromatic N) is 1. The first-order chi connectivity index (χ1) is 19.1. The monoisotopic (exact) mass is 566 g/mol. The van der Waals surface area contributed by atoms with Gasteiger partial charge in [-0.25, -0.2) is 5.01 Å². The summed E-state index contributed by atoms with van der Waals surface area (Å²) in [6.45, 7) is 18.9.